The lowest BCUT2D eigenvalue weighted by molar-refractivity contribution is 0.103. The number of para-hydroxylation sites is 1. The first-order valence-corrected chi connectivity index (χ1v) is 6.82. The predicted molar refractivity (Wildman–Crippen MR) is 75.4 cm³/mol. The Bertz CT molecular complexity index is 630. The van der Waals surface area contributed by atoms with Crippen molar-refractivity contribution >= 4 is 17.1 Å². The van der Waals surface area contributed by atoms with E-state index in [-0.39, 0.29) is 0 Å². The lowest BCUT2D eigenvalue weighted by Gasteiger charge is -2.36. The van der Waals surface area contributed by atoms with E-state index in [1.165, 1.54) is 30.4 Å². The minimum absolute atomic E-state index is 0.875. The first-order chi connectivity index (χ1) is 8.86. The molecular formula is C16H18N2. The number of allylic oxidation sites excluding steroid dienone is 1. The molecule has 0 unspecified atom stereocenters. The van der Waals surface area contributed by atoms with Crippen LogP contribution in [0.1, 0.15) is 18.2 Å². The molecule has 18 heavy (non-hydrogen) atoms. The Morgan fingerprint density at radius 3 is 2.89 bits per heavy atom. The summed E-state index contributed by atoms with van der Waals surface area (Å²) in [6, 6.07) is 8.82. The summed E-state index contributed by atoms with van der Waals surface area (Å²) in [5.74, 6) is 0.875. The number of benzene rings is 1. The van der Waals surface area contributed by atoms with E-state index in [1.54, 1.807) is 11.3 Å². The van der Waals surface area contributed by atoms with E-state index in [0.29, 0.717) is 0 Å². The quantitative estimate of drug-likeness (QED) is 0.741. The van der Waals surface area contributed by atoms with Gasteiger partial charge in [-0.15, -0.1) is 0 Å². The van der Waals surface area contributed by atoms with Gasteiger partial charge in [-0.25, -0.2) is 0 Å². The summed E-state index contributed by atoms with van der Waals surface area (Å²) >= 11 is 0. The van der Waals surface area contributed by atoms with Crippen molar-refractivity contribution in [3.05, 3.63) is 41.6 Å². The highest BCUT2D eigenvalue weighted by molar-refractivity contribution is 5.87. The fourth-order valence-corrected chi connectivity index (χ4v) is 3.53. The zero-order valence-electron chi connectivity index (χ0n) is 10.8. The molecule has 1 saturated heterocycles. The van der Waals surface area contributed by atoms with E-state index in [4.69, 9.17) is 0 Å². The van der Waals surface area contributed by atoms with Crippen LogP contribution >= 0.6 is 0 Å². The van der Waals surface area contributed by atoms with Crippen molar-refractivity contribution in [2.45, 2.75) is 19.9 Å². The smallest absolute Gasteiger partial charge is 0.0528 e. The Kier molecular flexibility index (Phi) is 2.15. The highest BCUT2D eigenvalue weighted by atomic mass is 15.2. The van der Waals surface area contributed by atoms with E-state index in [0.717, 1.165) is 12.5 Å². The average Bonchev–Trinajstić information content (AvgIpc) is 2.53. The Labute approximate surface area is 108 Å². The normalized spacial score (nSPS) is 26.1. The van der Waals surface area contributed by atoms with Crippen molar-refractivity contribution in [1.29, 1.82) is 0 Å². The summed E-state index contributed by atoms with van der Waals surface area (Å²) in [6.45, 7) is 5.82. The lowest BCUT2D eigenvalue weighted by atomic mass is 9.97. The number of hydrogen-bond donors (Lipinski definition) is 0. The Morgan fingerprint density at radius 2 is 2.06 bits per heavy atom. The topological polar surface area (TPSA) is 8.17 Å². The molecule has 0 spiro atoms. The van der Waals surface area contributed by atoms with Gasteiger partial charge in [0.05, 0.1) is 5.52 Å². The third kappa shape index (κ3) is 1.33. The van der Waals surface area contributed by atoms with E-state index < -0.39 is 0 Å². The monoisotopic (exact) mass is 238 g/mol. The second-order valence-corrected chi connectivity index (χ2v) is 5.56. The molecule has 92 valence electrons. The second-order valence-electron chi connectivity index (χ2n) is 5.56. The standard InChI is InChI=1S/C16H18N2/c1-2-7-18-15-6-4-3-5-13(15)14-11-17-9-12(10-17)8-16(14)18/h2-7,12H,8-11H2,1H3/b7-2+. The summed E-state index contributed by atoms with van der Waals surface area (Å²) in [5, 5.41) is 1.44. The van der Waals surface area contributed by atoms with Gasteiger partial charge in [-0.2, -0.15) is 0 Å². The van der Waals surface area contributed by atoms with Crippen molar-refractivity contribution in [2.24, 2.45) is 5.92 Å². The van der Waals surface area contributed by atoms with Gasteiger partial charge in [-0.1, -0.05) is 24.3 Å². The molecule has 1 aromatic carbocycles. The first kappa shape index (κ1) is 10.4. The van der Waals surface area contributed by atoms with Crippen LogP contribution < -0.4 is 0 Å². The van der Waals surface area contributed by atoms with Crippen LogP contribution in [-0.2, 0) is 13.0 Å². The van der Waals surface area contributed by atoms with Crippen molar-refractivity contribution in [1.82, 2.24) is 9.47 Å². The number of rotatable bonds is 1. The molecule has 1 aromatic heterocycles. The van der Waals surface area contributed by atoms with Crippen molar-refractivity contribution in [2.75, 3.05) is 13.1 Å². The minimum Gasteiger partial charge on any atom is -0.320 e. The molecule has 5 rings (SSSR count). The maximum absolute atomic E-state index is 2.57. The minimum atomic E-state index is 0.875. The molecule has 2 bridgehead atoms. The molecule has 1 fully saturated rings. The molecular weight excluding hydrogens is 220 g/mol. The van der Waals surface area contributed by atoms with Gasteiger partial charge in [0.2, 0.25) is 0 Å². The van der Waals surface area contributed by atoms with Crippen LogP contribution in [0.4, 0.5) is 0 Å². The maximum atomic E-state index is 2.57. The van der Waals surface area contributed by atoms with Gasteiger partial charge in [-0.3, -0.25) is 4.90 Å². The van der Waals surface area contributed by atoms with Gasteiger partial charge in [0.1, 0.15) is 0 Å². The maximum Gasteiger partial charge on any atom is 0.0528 e. The number of nitrogens with zero attached hydrogens (tertiary/aromatic N) is 2. The molecule has 2 nitrogen and oxygen atoms in total. The van der Waals surface area contributed by atoms with Crippen molar-refractivity contribution in [3.8, 4) is 0 Å². The van der Waals surface area contributed by atoms with E-state index in [9.17, 15) is 0 Å². The third-order valence-corrected chi connectivity index (χ3v) is 4.32. The zero-order chi connectivity index (χ0) is 12.1. The largest absolute Gasteiger partial charge is 0.320 e. The number of hydrogen-bond acceptors (Lipinski definition) is 1. The summed E-state index contributed by atoms with van der Waals surface area (Å²) in [4.78, 5) is 2.57. The van der Waals surface area contributed by atoms with Crippen LogP contribution in [-0.4, -0.2) is 22.6 Å². The van der Waals surface area contributed by atoms with Gasteiger partial charge in [-0.05, 0) is 30.9 Å². The summed E-state index contributed by atoms with van der Waals surface area (Å²) in [5.41, 5.74) is 4.46. The molecule has 3 aliphatic rings. The van der Waals surface area contributed by atoms with Crippen molar-refractivity contribution in [3.63, 3.8) is 0 Å². The van der Waals surface area contributed by atoms with E-state index in [2.05, 4.69) is 52.9 Å². The Balaban J connectivity index is 2.02. The molecule has 0 saturated carbocycles. The second kappa shape index (κ2) is 3.72. The first-order valence-electron chi connectivity index (χ1n) is 6.82. The van der Waals surface area contributed by atoms with E-state index in [1.807, 2.05) is 0 Å². The molecule has 0 radical (unpaired) electrons. The van der Waals surface area contributed by atoms with Crippen molar-refractivity contribution < 1.29 is 0 Å². The fourth-order valence-electron chi connectivity index (χ4n) is 3.53. The van der Waals surface area contributed by atoms with Gasteiger partial charge >= 0.3 is 0 Å². The van der Waals surface area contributed by atoms with Crippen LogP contribution in [0.25, 0.3) is 17.1 Å². The third-order valence-electron chi connectivity index (χ3n) is 4.32. The molecule has 0 N–H and O–H groups in total. The summed E-state index contributed by atoms with van der Waals surface area (Å²) in [6.07, 6.45) is 5.60. The highest BCUT2D eigenvalue weighted by Gasteiger charge is 2.34. The predicted octanol–water partition coefficient (Wildman–Crippen LogP) is 3.12. The fraction of sp³-hybridized carbons (Fsp3) is 0.375. The Hall–Kier alpha value is -1.54. The lowest BCUT2D eigenvalue weighted by Crippen LogP contribution is -2.44. The molecule has 3 aliphatic heterocycles. The van der Waals surface area contributed by atoms with Crippen LogP contribution in [0.15, 0.2) is 30.3 Å². The Morgan fingerprint density at radius 1 is 1.22 bits per heavy atom. The average molecular weight is 238 g/mol. The molecule has 0 aliphatic carbocycles. The van der Waals surface area contributed by atoms with Crippen LogP contribution in [0.3, 0.4) is 0 Å². The molecule has 4 heterocycles. The van der Waals surface area contributed by atoms with Gasteiger partial charge in [0.15, 0.2) is 0 Å². The van der Waals surface area contributed by atoms with Crippen LogP contribution in [0.5, 0.6) is 0 Å². The molecule has 2 aromatic rings. The van der Waals surface area contributed by atoms with Gasteiger partial charge < -0.3 is 4.57 Å². The summed E-state index contributed by atoms with van der Waals surface area (Å²) < 4.78 is 2.41. The number of aromatic nitrogens is 1. The molecule has 2 heteroatoms. The molecule has 0 amide bonds. The van der Waals surface area contributed by atoms with Crippen LogP contribution in [0, 0.1) is 5.92 Å². The SMILES string of the molecule is C/C=C/n1c2c(c3ccccc31)CN1CC(C2)C1. The summed E-state index contributed by atoms with van der Waals surface area (Å²) in [7, 11) is 0. The number of fused-ring (bicyclic) bond motifs is 1. The van der Waals surface area contributed by atoms with Crippen LogP contribution in [0.2, 0.25) is 0 Å². The van der Waals surface area contributed by atoms with E-state index >= 15 is 0 Å². The van der Waals surface area contributed by atoms with Gasteiger partial charge in [0.25, 0.3) is 0 Å². The zero-order valence-corrected chi connectivity index (χ0v) is 10.8. The highest BCUT2D eigenvalue weighted by Crippen LogP contribution is 2.36. The van der Waals surface area contributed by atoms with Gasteiger partial charge in [0, 0.05) is 36.9 Å². The molecule has 0 atom stereocenters.